The van der Waals surface area contributed by atoms with Gasteiger partial charge in [0.25, 0.3) is 0 Å². The molecule has 0 N–H and O–H groups in total. The highest BCUT2D eigenvalue weighted by Crippen LogP contribution is 2.27. The van der Waals surface area contributed by atoms with Crippen molar-refractivity contribution in [3.05, 3.63) is 54.3 Å². The Balaban J connectivity index is 1.92. The molecule has 0 saturated carbocycles. The predicted molar refractivity (Wildman–Crippen MR) is 72.9 cm³/mol. The summed E-state index contributed by atoms with van der Waals surface area (Å²) in [4.78, 5) is 11.9. The molecule has 1 aromatic carbocycles. The molecule has 0 aliphatic heterocycles. The highest BCUT2D eigenvalue weighted by atomic mass is 19.1. The van der Waals surface area contributed by atoms with Crippen LogP contribution in [0.15, 0.2) is 37.2 Å². The normalized spacial score (nSPS) is 10.6. The summed E-state index contributed by atoms with van der Waals surface area (Å²) in [6.45, 7) is 3.67. The second-order valence-electron chi connectivity index (χ2n) is 4.45. The van der Waals surface area contributed by atoms with Gasteiger partial charge in [-0.3, -0.25) is 0 Å². The number of ether oxygens (including phenoxy) is 1. The molecule has 0 unspecified atom stereocenters. The second-order valence-corrected chi connectivity index (χ2v) is 4.45. The fourth-order valence-electron chi connectivity index (χ4n) is 1.78. The summed E-state index contributed by atoms with van der Waals surface area (Å²) in [7, 11) is 0. The summed E-state index contributed by atoms with van der Waals surface area (Å²) >= 11 is 0. The molecule has 0 bridgehead atoms. The van der Waals surface area contributed by atoms with E-state index in [1.807, 2.05) is 13.8 Å². The van der Waals surface area contributed by atoms with Crippen LogP contribution in [0.4, 0.5) is 4.39 Å². The van der Waals surface area contributed by atoms with Crippen LogP contribution in [-0.2, 0) is 0 Å². The Morgan fingerprint density at radius 2 is 2.00 bits per heavy atom. The van der Waals surface area contributed by atoms with Gasteiger partial charge < -0.3 is 4.74 Å². The van der Waals surface area contributed by atoms with Crippen molar-refractivity contribution in [1.82, 2.24) is 24.7 Å². The molecular weight excluding hydrogens is 273 g/mol. The molecular formula is C14H12FN5O. The molecule has 0 spiro atoms. The molecule has 21 heavy (non-hydrogen) atoms. The van der Waals surface area contributed by atoms with E-state index in [9.17, 15) is 4.39 Å². The Morgan fingerprint density at radius 3 is 2.71 bits per heavy atom. The van der Waals surface area contributed by atoms with Gasteiger partial charge in [0.15, 0.2) is 11.6 Å². The Hall–Kier alpha value is -2.83. The lowest BCUT2D eigenvalue weighted by atomic mass is 10.2. The van der Waals surface area contributed by atoms with Crippen LogP contribution >= 0.6 is 0 Å². The van der Waals surface area contributed by atoms with Gasteiger partial charge in [0, 0.05) is 17.3 Å². The van der Waals surface area contributed by atoms with E-state index in [-0.39, 0.29) is 5.75 Å². The van der Waals surface area contributed by atoms with Crippen molar-refractivity contribution in [3.8, 4) is 17.3 Å². The molecule has 7 heteroatoms. The Labute approximate surface area is 120 Å². The van der Waals surface area contributed by atoms with Crippen LogP contribution in [0.3, 0.4) is 0 Å². The van der Waals surface area contributed by atoms with Crippen molar-refractivity contribution in [2.24, 2.45) is 0 Å². The maximum atomic E-state index is 14.1. The molecule has 6 nitrogen and oxygen atoms in total. The van der Waals surface area contributed by atoms with E-state index in [1.165, 1.54) is 35.8 Å². The molecule has 0 aliphatic rings. The summed E-state index contributed by atoms with van der Waals surface area (Å²) in [5.74, 6) is -0.0614. The Kier molecular flexibility index (Phi) is 3.31. The minimum atomic E-state index is -0.501. The zero-order valence-electron chi connectivity index (χ0n) is 11.5. The van der Waals surface area contributed by atoms with Crippen molar-refractivity contribution in [3.63, 3.8) is 0 Å². The summed E-state index contributed by atoms with van der Waals surface area (Å²) in [5.41, 5.74) is 2.13. The quantitative estimate of drug-likeness (QED) is 0.740. The first-order valence-electron chi connectivity index (χ1n) is 6.26. The van der Waals surface area contributed by atoms with Crippen LogP contribution in [0, 0.1) is 19.7 Å². The van der Waals surface area contributed by atoms with Crippen LogP contribution < -0.4 is 4.74 Å². The number of rotatable bonds is 3. The van der Waals surface area contributed by atoms with Crippen molar-refractivity contribution >= 4 is 0 Å². The molecule has 0 fully saturated rings. The Bertz CT molecular complexity index is 773. The monoisotopic (exact) mass is 285 g/mol. The molecule has 2 heterocycles. The highest BCUT2D eigenvalue weighted by Gasteiger charge is 2.11. The molecule has 0 saturated heterocycles. The molecule has 3 rings (SSSR count). The standard InChI is InChI=1S/C14H12FN5O/c1-9-10(2)17-7-18-14(9)21-13-4-3-11(5-12(13)15)20-8-16-6-19-20/h3-8H,1-2H3. The van der Waals surface area contributed by atoms with Crippen LogP contribution in [0.25, 0.3) is 5.69 Å². The van der Waals surface area contributed by atoms with Crippen LogP contribution in [-0.4, -0.2) is 24.7 Å². The Morgan fingerprint density at radius 1 is 1.14 bits per heavy atom. The molecule has 3 aromatic rings. The third kappa shape index (κ3) is 2.58. The smallest absolute Gasteiger partial charge is 0.225 e. The summed E-state index contributed by atoms with van der Waals surface area (Å²) in [5, 5.41) is 3.94. The first-order chi connectivity index (χ1) is 10.1. The molecule has 0 aliphatic carbocycles. The van der Waals surface area contributed by atoms with Gasteiger partial charge in [-0.25, -0.2) is 24.0 Å². The molecule has 0 amide bonds. The van der Waals surface area contributed by atoms with E-state index in [1.54, 1.807) is 6.07 Å². The van der Waals surface area contributed by atoms with Gasteiger partial charge >= 0.3 is 0 Å². The maximum absolute atomic E-state index is 14.1. The fraction of sp³-hybridized carbons (Fsp3) is 0.143. The second kappa shape index (κ2) is 5.28. The summed E-state index contributed by atoms with van der Waals surface area (Å²) < 4.78 is 21.1. The lowest BCUT2D eigenvalue weighted by Crippen LogP contribution is -1.99. The molecule has 2 aromatic heterocycles. The largest absolute Gasteiger partial charge is 0.436 e. The van der Waals surface area contributed by atoms with E-state index in [4.69, 9.17) is 4.74 Å². The van der Waals surface area contributed by atoms with E-state index in [0.29, 0.717) is 11.6 Å². The SMILES string of the molecule is Cc1ncnc(Oc2ccc(-n3cncn3)cc2F)c1C. The van der Waals surface area contributed by atoms with Gasteiger partial charge in [0.2, 0.25) is 5.88 Å². The van der Waals surface area contributed by atoms with E-state index < -0.39 is 5.82 Å². The zero-order chi connectivity index (χ0) is 14.8. The van der Waals surface area contributed by atoms with E-state index >= 15 is 0 Å². The van der Waals surface area contributed by atoms with E-state index in [0.717, 1.165) is 11.3 Å². The van der Waals surface area contributed by atoms with Gasteiger partial charge in [-0.2, -0.15) is 5.10 Å². The van der Waals surface area contributed by atoms with Crippen molar-refractivity contribution in [1.29, 1.82) is 0 Å². The van der Waals surface area contributed by atoms with E-state index in [2.05, 4.69) is 20.1 Å². The number of benzene rings is 1. The topological polar surface area (TPSA) is 65.7 Å². The predicted octanol–water partition coefficient (Wildman–Crippen LogP) is 2.61. The van der Waals surface area contributed by atoms with Crippen LogP contribution in [0.1, 0.15) is 11.3 Å². The summed E-state index contributed by atoms with van der Waals surface area (Å²) in [6.07, 6.45) is 4.27. The first kappa shape index (κ1) is 13.2. The van der Waals surface area contributed by atoms with Gasteiger partial charge in [-0.1, -0.05) is 0 Å². The van der Waals surface area contributed by atoms with Crippen molar-refractivity contribution < 1.29 is 9.13 Å². The third-order valence-corrected chi connectivity index (χ3v) is 3.10. The van der Waals surface area contributed by atoms with Crippen molar-refractivity contribution in [2.75, 3.05) is 0 Å². The zero-order valence-corrected chi connectivity index (χ0v) is 11.5. The third-order valence-electron chi connectivity index (χ3n) is 3.10. The molecule has 0 atom stereocenters. The van der Waals surface area contributed by atoms with Gasteiger partial charge in [-0.05, 0) is 26.0 Å². The van der Waals surface area contributed by atoms with Gasteiger partial charge in [0.1, 0.15) is 19.0 Å². The highest BCUT2D eigenvalue weighted by molar-refractivity contribution is 5.40. The van der Waals surface area contributed by atoms with Crippen molar-refractivity contribution in [2.45, 2.75) is 13.8 Å². The maximum Gasteiger partial charge on any atom is 0.225 e. The number of hydrogen-bond acceptors (Lipinski definition) is 5. The number of nitrogens with zero attached hydrogens (tertiary/aromatic N) is 5. The molecule has 106 valence electrons. The first-order valence-corrected chi connectivity index (χ1v) is 6.26. The molecule has 0 radical (unpaired) electrons. The fourth-order valence-corrected chi connectivity index (χ4v) is 1.78. The minimum absolute atomic E-state index is 0.0973. The lowest BCUT2D eigenvalue weighted by Gasteiger charge is -2.10. The average Bonchev–Trinajstić information content (AvgIpc) is 3.00. The van der Waals surface area contributed by atoms with Crippen LogP contribution in [0.2, 0.25) is 0 Å². The van der Waals surface area contributed by atoms with Gasteiger partial charge in [0.05, 0.1) is 5.69 Å². The lowest BCUT2D eigenvalue weighted by molar-refractivity contribution is 0.422. The number of aromatic nitrogens is 5. The van der Waals surface area contributed by atoms with Gasteiger partial charge in [-0.15, -0.1) is 0 Å². The number of aryl methyl sites for hydroxylation is 1. The van der Waals surface area contributed by atoms with Crippen LogP contribution in [0.5, 0.6) is 11.6 Å². The summed E-state index contributed by atoms with van der Waals surface area (Å²) in [6, 6.07) is 4.55. The number of hydrogen-bond donors (Lipinski definition) is 0. The number of halogens is 1. The average molecular weight is 285 g/mol. The minimum Gasteiger partial charge on any atom is -0.436 e.